The maximum absolute atomic E-state index is 6.06. The molecule has 0 unspecified atom stereocenters. The summed E-state index contributed by atoms with van der Waals surface area (Å²) in [6, 6.07) is 30.4. The first-order valence-corrected chi connectivity index (χ1v) is 10.4. The topological polar surface area (TPSA) is 9.23 Å². The highest BCUT2D eigenvalue weighted by molar-refractivity contribution is 7.73. The fourth-order valence-corrected chi connectivity index (χ4v) is 5.64. The Hall–Kier alpha value is -1.95. The number of methoxy groups -OCH3 is 1. The molecule has 0 amide bonds. The minimum Gasteiger partial charge on any atom is -0.372 e. The van der Waals surface area contributed by atoms with Crippen molar-refractivity contribution in [2.45, 2.75) is 32.0 Å². The molecule has 0 N–H and O–H groups in total. The molecule has 0 radical (unpaired) electrons. The van der Waals surface area contributed by atoms with Crippen LogP contribution in [-0.4, -0.2) is 7.11 Å². The summed E-state index contributed by atoms with van der Waals surface area (Å²) < 4.78 is 6.06. The number of hydrogen-bond acceptors (Lipinski definition) is 1. The van der Waals surface area contributed by atoms with Gasteiger partial charge in [-0.15, -0.1) is 0 Å². The van der Waals surface area contributed by atoms with Crippen molar-refractivity contribution >= 4 is 18.5 Å². The quantitative estimate of drug-likeness (QED) is 0.524. The third kappa shape index (κ3) is 4.23. The molecule has 0 aliphatic rings. The lowest BCUT2D eigenvalue weighted by Crippen LogP contribution is -2.18. The molecule has 3 aromatic rings. The van der Waals surface area contributed by atoms with E-state index < -0.39 is 7.92 Å². The Morgan fingerprint density at radius 2 is 1.15 bits per heavy atom. The minimum absolute atomic E-state index is 0.0313. The van der Waals surface area contributed by atoms with Gasteiger partial charge < -0.3 is 4.74 Å². The highest BCUT2D eigenvalue weighted by Gasteiger charge is 2.26. The summed E-state index contributed by atoms with van der Waals surface area (Å²) in [7, 11) is 1.17. The van der Waals surface area contributed by atoms with Crippen molar-refractivity contribution < 1.29 is 4.74 Å². The lowest BCUT2D eigenvalue weighted by Gasteiger charge is -2.28. The van der Waals surface area contributed by atoms with Crippen molar-refractivity contribution in [3.63, 3.8) is 0 Å². The van der Waals surface area contributed by atoms with Gasteiger partial charge in [-0.1, -0.05) is 106 Å². The fourth-order valence-electron chi connectivity index (χ4n) is 3.14. The minimum atomic E-state index is -0.651. The third-order valence-electron chi connectivity index (χ3n) is 4.59. The third-order valence-corrected chi connectivity index (χ3v) is 7.28. The van der Waals surface area contributed by atoms with Gasteiger partial charge in [-0.2, -0.15) is 0 Å². The standard InChI is InChI=1S/C24H27OP/c1-24(2,3)20-17-15-19(16-18-20)23(25-4)26(21-11-7-5-8-12-21)22-13-9-6-10-14-22/h5-18,23H,1-4H3/t23-/m1/s1. The van der Waals surface area contributed by atoms with Gasteiger partial charge in [0.25, 0.3) is 0 Å². The Kier molecular flexibility index (Phi) is 5.91. The van der Waals surface area contributed by atoms with E-state index in [1.165, 1.54) is 21.7 Å². The van der Waals surface area contributed by atoms with E-state index in [0.717, 1.165) is 0 Å². The number of ether oxygens (including phenoxy) is 1. The van der Waals surface area contributed by atoms with Crippen LogP contribution in [0.1, 0.15) is 37.7 Å². The van der Waals surface area contributed by atoms with Gasteiger partial charge in [0.15, 0.2) is 0 Å². The van der Waals surface area contributed by atoms with E-state index in [1.54, 1.807) is 0 Å². The van der Waals surface area contributed by atoms with Crippen LogP contribution in [0.5, 0.6) is 0 Å². The molecule has 0 aliphatic carbocycles. The predicted molar refractivity (Wildman–Crippen MR) is 114 cm³/mol. The normalized spacial score (nSPS) is 13.0. The van der Waals surface area contributed by atoms with E-state index in [0.29, 0.717) is 0 Å². The summed E-state index contributed by atoms with van der Waals surface area (Å²) in [6.07, 6.45) is 0. The van der Waals surface area contributed by atoms with Crippen LogP contribution in [0.4, 0.5) is 0 Å². The maximum atomic E-state index is 6.06. The second-order valence-corrected chi connectivity index (χ2v) is 9.74. The molecule has 26 heavy (non-hydrogen) atoms. The Labute approximate surface area is 158 Å². The molecule has 1 nitrogen and oxygen atoms in total. The zero-order valence-electron chi connectivity index (χ0n) is 16.0. The van der Waals surface area contributed by atoms with Crippen LogP contribution in [0.15, 0.2) is 84.9 Å². The molecular weight excluding hydrogens is 335 g/mol. The van der Waals surface area contributed by atoms with E-state index in [9.17, 15) is 0 Å². The summed E-state index contributed by atoms with van der Waals surface area (Å²) in [4.78, 5) is 0. The molecule has 3 rings (SSSR count). The highest BCUT2D eigenvalue weighted by atomic mass is 31.1. The Morgan fingerprint density at radius 3 is 1.54 bits per heavy atom. The molecule has 0 aliphatic heterocycles. The fraction of sp³-hybridized carbons (Fsp3) is 0.250. The molecule has 3 aromatic carbocycles. The smallest absolute Gasteiger partial charge is 0.109 e. The lowest BCUT2D eigenvalue weighted by atomic mass is 9.87. The maximum Gasteiger partial charge on any atom is 0.109 e. The van der Waals surface area contributed by atoms with Gasteiger partial charge in [0, 0.05) is 7.11 Å². The van der Waals surface area contributed by atoms with Crippen molar-refractivity contribution in [3.05, 3.63) is 96.1 Å². The van der Waals surface area contributed by atoms with Gasteiger partial charge >= 0.3 is 0 Å². The van der Waals surface area contributed by atoms with Crippen molar-refractivity contribution in [2.75, 3.05) is 7.11 Å². The first kappa shape index (κ1) is 18.8. The van der Waals surface area contributed by atoms with Crippen molar-refractivity contribution in [1.29, 1.82) is 0 Å². The first-order chi connectivity index (χ1) is 12.5. The lowest BCUT2D eigenvalue weighted by molar-refractivity contribution is 0.172. The van der Waals surface area contributed by atoms with Crippen LogP contribution in [-0.2, 0) is 10.2 Å². The Balaban J connectivity index is 2.04. The van der Waals surface area contributed by atoms with Gasteiger partial charge in [0.2, 0.25) is 0 Å². The molecule has 0 bridgehead atoms. The van der Waals surface area contributed by atoms with Gasteiger partial charge in [-0.05, 0) is 35.1 Å². The highest BCUT2D eigenvalue weighted by Crippen LogP contribution is 2.49. The second-order valence-electron chi connectivity index (χ2n) is 7.50. The first-order valence-electron chi connectivity index (χ1n) is 9.03. The number of benzene rings is 3. The largest absolute Gasteiger partial charge is 0.372 e. The zero-order valence-corrected chi connectivity index (χ0v) is 16.9. The summed E-state index contributed by atoms with van der Waals surface area (Å²) >= 11 is 0. The second kappa shape index (κ2) is 8.16. The van der Waals surface area contributed by atoms with Crippen LogP contribution in [0, 0.1) is 0 Å². The zero-order chi connectivity index (χ0) is 18.6. The van der Waals surface area contributed by atoms with Gasteiger partial charge in [-0.3, -0.25) is 0 Å². The predicted octanol–water partition coefficient (Wildman–Crippen LogP) is 5.76. The number of hydrogen-bond donors (Lipinski definition) is 0. The van der Waals surface area contributed by atoms with E-state index in [2.05, 4.69) is 106 Å². The molecule has 0 heterocycles. The van der Waals surface area contributed by atoms with Gasteiger partial charge in [0.1, 0.15) is 5.85 Å². The molecule has 0 saturated carbocycles. The van der Waals surface area contributed by atoms with E-state index in [1.807, 2.05) is 7.11 Å². The van der Waals surface area contributed by atoms with Crippen LogP contribution >= 0.6 is 7.92 Å². The molecule has 2 heteroatoms. The van der Waals surface area contributed by atoms with Gasteiger partial charge in [-0.25, -0.2) is 0 Å². The van der Waals surface area contributed by atoms with Crippen LogP contribution in [0.3, 0.4) is 0 Å². The van der Waals surface area contributed by atoms with Crippen LogP contribution in [0.25, 0.3) is 0 Å². The molecular formula is C24H27OP. The molecule has 0 saturated heterocycles. The summed E-state index contributed by atoms with van der Waals surface area (Å²) in [5, 5.41) is 2.67. The summed E-state index contributed by atoms with van der Waals surface area (Å²) in [5.41, 5.74) is 2.74. The van der Waals surface area contributed by atoms with E-state index in [4.69, 9.17) is 4.74 Å². The average molecular weight is 362 g/mol. The van der Waals surface area contributed by atoms with Crippen molar-refractivity contribution in [2.24, 2.45) is 0 Å². The average Bonchev–Trinajstić information content (AvgIpc) is 2.67. The van der Waals surface area contributed by atoms with Crippen molar-refractivity contribution in [3.8, 4) is 0 Å². The molecule has 134 valence electrons. The SMILES string of the molecule is CO[C@@H](c1ccc(C(C)(C)C)cc1)P(c1ccccc1)c1ccccc1. The monoisotopic (exact) mass is 362 g/mol. The number of rotatable bonds is 5. The van der Waals surface area contributed by atoms with Crippen LogP contribution < -0.4 is 10.6 Å². The van der Waals surface area contributed by atoms with E-state index >= 15 is 0 Å². The summed E-state index contributed by atoms with van der Waals surface area (Å²) in [5.74, 6) is 0.0313. The molecule has 0 spiro atoms. The Morgan fingerprint density at radius 1 is 0.692 bits per heavy atom. The van der Waals surface area contributed by atoms with Crippen LogP contribution in [0.2, 0.25) is 0 Å². The van der Waals surface area contributed by atoms with Crippen molar-refractivity contribution in [1.82, 2.24) is 0 Å². The molecule has 1 atom stereocenters. The van der Waals surface area contributed by atoms with Gasteiger partial charge in [0.05, 0.1) is 0 Å². The van der Waals surface area contributed by atoms with E-state index in [-0.39, 0.29) is 11.3 Å². The molecule has 0 fully saturated rings. The summed E-state index contributed by atoms with van der Waals surface area (Å²) in [6.45, 7) is 6.74. The Bertz CT molecular complexity index is 765. The molecule has 0 aromatic heterocycles.